The normalized spacial score (nSPS) is 10.5. The summed E-state index contributed by atoms with van der Waals surface area (Å²) in [5.41, 5.74) is 7.43. The first-order valence-corrected chi connectivity index (χ1v) is 4.31. The number of hydrogen-bond acceptors (Lipinski definition) is 3. The lowest BCUT2D eigenvalue weighted by Crippen LogP contribution is -1.94. The van der Waals surface area contributed by atoms with Crippen LogP contribution < -0.4 is 5.73 Å². The lowest BCUT2D eigenvalue weighted by atomic mass is 10.2. The highest BCUT2D eigenvalue weighted by Gasteiger charge is 1.99. The van der Waals surface area contributed by atoms with E-state index in [0.717, 1.165) is 28.8 Å². The SMILES string of the molecule is CCc1ncc2c(N)cccc2n1. The molecule has 1 aromatic heterocycles. The van der Waals surface area contributed by atoms with Crippen LogP contribution in [0, 0.1) is 0 Å². The standard InChI is InChI=1S/C10H11N3/c1-2-10-12-6-7-8(11)4-3-5-9(7)13-10/h3-6H,2,11H2,1H3. The third-order valence-corrected chi connectivity index (χ3v) is 2.03. The van der Waals surface area contributed by atoms with Crippen LogP contribution in [0.4, 0.5) is 5.69 Å². The number of aromatic nitrogens is 2. The summed E-state index contributed by atoms with van der Waals surface area (Å²) in [6.45, 7) is 2.04. The minimum Gasteiger partial charge on any atom is -0.398 e. The Morgan fingerprint density at radius 1 is 1.38 bits per heavy atom. The van der Waals surface area contributed by atoms with Crippen molar-refractivity contribution in [3.8, 4) is 0 Å². The monoisotopic (exact) mass is 173 g/mol. The van der Waals surface area contributed by atoms with E-state index in [1.807, 2.05) is 25.1 Å². The second-order valence-corrected chi connectivity index (χ2v) is 2.92. The fourth-order valence-corrected chi connectivity index (χ4v) is 1.29. The highest BCUT2D eigenvalue weighted by molar-refractivity contribution is 5.89. The highest BCUT2D eigenvalue weighted by Crippen LogP contribution is 2.17. The topological polar surface area (TPSA) is 51.8 Å². The molecule has 0 radical (unpaired) electrons. The van der Waals surface area contributed by atoms with Crippen molar-refractivity contribution >= 4 is 16.6 Å². The molecule has 3 nitrogen and oxygen atoms in total. The van der Waals surface area contributed by atoms with Crippen molar-refractivity contribution in [2.24, 2.45) is 0 Å². The summed E-state index contributed by atoms with van der Waals surface area (Å²) in [6, 6.07) is 5.72. The van der Waals surface area contributed by atoms with E-state index < -0.39 is 0 Å². The maximum atomic E-state index is 5.77. The molecule has 13 heavy (non-hydrogen) atoms. The van der Waals surface area contributed by atoms with Crippen LogP contribution in [0.25, 0.3) is 10.9 Å². The maximum Gasteiger partial charge on any atom is 0.128 e. The van der Waals surface area contributed by atoms with Crippen molar-refractivity contribution < 1.29 is 0 Å². The Morgan fingerprint density at radius 2 is 2.23 bits per heavy atom. The molecule has 0 saturated heterocycles. The van der Waals surface area contributed by atoms with E-state index >= 15 is 0 Å². The molecule has 3 heteroatoms. The molecule has 0 unspecified atom stereocenters. The molecule has 0 amide bonds. The molecule has 2 aromatic rings. The summed E-state index contributed by atoms with van der Waals surface area (Å²) in [4.78, 5) is 8.56. The number of nitrogen functional groups attached to an aromatic ring is 1. The van der Waals surface area contributed by atoms with Gasteiger partial charge in [0.25, 0.3) is 0 Å². The molecule has 1 aromatic carbocycles. The summed E-state index contributed by atoms with van der Waals surface area (Å²) >= 11 is 0. The lowest BCUT2D eigenvalue weighted by Gasteiger charge is -2.01. The Bertz CT molecular complexity index is 437. The summed E-state index contributed by atoms with van der Waals surface area (Å²) in [7, 11) is 0. The third-order valence-electron chi connectivity index (χ3n) is 2.03. The number of aryl methyl sites for hydroxylation is 1. The van der Waals surface area contributed by atoms with Gasteiger partial charge in [-0.25, -0.2) is 9.97 Å². The van der Waals surface area contributed by atoms with E-state index in [1.165, 1.54) is 0 Å². The molecular formula is C10H11N3. The molecule has 0 aliphatic rings. The zero-order chi connectivity index (χ0) is 9.26. The molecule has 66 valence electrons. The molecule has 0 spiro atoms. The van der Waals surface area contributed by atoms with Crippen LogP contribution in [0.1, 0.15) is 12.7 Å². The van der Waals surface area contributed by atoms with Gasteiger partial charge in [0.2, 0.25) is 0 Å². The van der Waals surface area contributed by atoms with Crippen molar-refractivity contribution in [2.45, 2.75) is 13.3 Å². The number of rotatable bonds is 1. The van der Waals surface area contributed by atoms with E-state index in [0.29, 0.717) is 0 Å². The van der Waals surface area contributed by atoms with Crippen LogP contribution in [0.15, 0.2) is 24.4 Å². The Labute approximate surface area is 76.6 Å². The van der Waals surface area contributed by atoms with Crippen LogP contribution in [0.3, 0.4) is 0 Å². The largest absolute Gasteiger partial charge is 0.398 e. The van der Waals surface area contributed by atoms with Crippen molar-refractivity contribution in [1.29, 1.82) is 0 Å². The first kappa shape index (κ1) is 7.98. The number of nitrogens with two attached hydrogens (primary N) is 1. The molecule has 0 aliphatic carbocycles. The fraction of sp³-hybridized carbons (Fsp3) is 0.200. The van der Waals surface area contributed by atoms with E-state index in [4.69, 9.17) is 5.73 Å². The predicted molar refractivity (Wildman–Crippen MR) is 53.3 cm³/mol. The van der Waals surface area contributed by atoms with E-state index in [-0.39, 0.29) is 0 Å². The summed E-state index contributed by atoms with van der Waals surface area (Å²) < 4.78 is 0. The number of nitrogens with zero attached hydrogens (tertiary/aromatic N) is 2. The minimum absolute atomic E-state index is 0.736. The third kappa shape index (κ3) is 1.33. The number of benzene rings is 1. The van der Waals surface area contributed by atoms with Crippen LogP contribution >= 0.6 is 0 Å². The van der Waals surface area contributed by atoms with Gasteiger partial charge in [0.15, 0.2) is 0 Å². The van der Waals surface area contributed by atoms with Gasteiger partial charge in [-0.3, -0.25) is 0 Å². The minimum atomic E-state index is 0.736. The maximum absolute atomic E-state index is 5.77. The van der Waals surface area contributed by atoms with Crippen molar-refractivity contribution in [1.82, 2.24) is 9.97 Å². The number of anilines is 1. The smallest absolute Gasteiger partial charge is 0.128 e. The fourth-order valence-electron chi connectivity index (χ4n) is 1.29. The van der Waals surface area contributed by atoms with Gasteiger partial charge in [-0.05, 0) is 12.1 Å². The second-order valence-electron chi connectivity index (χ2n) is 2.92. The van der Waals surface area contributed by atoms with Crippen LogP contribution in [-0.4, -0.2) is 9.97 Å². The molecule has 1 heterocycles. The Morgan fingerprint density at radius 3 is 3.00 bits per heavy atom. The second kappa shape index (κ2) is 3.01. The summed E-state index contributed by atoms with van der Waals surface area (Å²) in [5.74, 6) is 0.859. The summed E-state index contributed by atoms with van der Waals surface area (Å²) in [5, 5.41) is 0.930. The zero-order valence-corrected chi connectivity index (χ0v) is 7.49. The molecule has 0 atom stereocenters. The predicted octanol–water partition coefficient (Wildman–Crippen LogP) is 1.77. The van der Waals surface area contributed by atoms with Crippen molar-refractivity contribution in [3.63, 3.8) is 0 Å². The first-order chi connectivity index (χ1) is 6.31. The van der Waals surface area contributed by atoms with Crippen LogP contribution in [0.5, 0.6) is 0 Å². The summed E-state index contributed by atoms with van der Waals surface area (Å²) in [6.07, 6.45) is 2.64. The Hall–Kier alpha value is -1.64. The van der Waals surface area contributed by atoms with Crippen molar-refractivity contribution in [2.75, 3.05) is 5.73 Å². The van der Waals surface area contributed by atoms with Crippen LogP contribution in [0.2, 0.25) is 0 Å². The first-order valence-electron chi connectivity index (χ1n) is 4.31. The average molecular weight is 173 g/mol. The van der Waals surface area contributed by atoms with Gasteiger partial charge in [-0.2, -0.15) is 0 Å². The zero-order valence-electron chi connectivity index (χ0n) is 7.49. The van der Waals surface area contributed by atoms with E-state index in [9.17, 15) is 0 Å². The average Bonchev–Trinajstić information content (AvgIpc) is 2.18. The highest BCUT2D eigenvalue weighted by atomic mass is 14.9. The Balaban J connectivity index is 2.72. The molecule has 2 N–H and O–H groups in total. The molecule has 0 fully saturated rings. The molecular weight excluding hydrogens is 162 g/mol. The number of hydrogen-bond donors (Lipinski definition) is 1. The van der Waals surface area contributed by atoms with Gasteiger partial charge in [-0.15, -0.1) is 0 Å². The number of fused-ring (bicyclic) bond motifs is 1. The van der Waals surface area contributed by atoms with E-state index in [1.54, 1.807) is 6.20 Å². The lowest BCUT2D eigenvalue weighted by molar-refractivity contribution is 0.961. The van der Waals surface area contributed by atoms with Gasteiger partial charge >= 0.3 is 0 Å². The van der Waals surface area contributed by atoms with E-state index in [2.05, 4.69) is 9.97 Å². The quantitative estimate of drug-likeness (QED) is 0.669. The molecule has 2 rings (SSSR count). The van der Waals surface area contributed by atoms with Crippen LogP contribution in [-0.2, 0) is 6.42 Å². The van der Waals surface area contributed by atoms with Gasteiger partial charge in [0, 0.05) is 23.7 Å². The Kier molecular flexibility index (Phi) is 1.85. The van der Waals surface area contributed by atoms with Gasteiger partial charge in [0.1, 0.15) is 5.82 Å². The molecule has 0 bridgehead atoms. The van der Waals surface area contributed by atoms with Gasteiger partial charge in [-0.1, -0.05) is 13.0 Å². The van der Waals surface area contributed by atoms with Crippen molar-refractivity contribution in [3.05, 3.63) is 30.2 Å². The molecule has 0 aliphatic heterocycles. The van der Waals surface area contributed by atoms with Gasteiger partial charge in [0.05, 0.1) is 5.52 Å². The molecule has 0 saturated carbocycles. The van der Waals surface area contributed by atoms with Gasteiger partial charge < -0.3 is 5.73 Å².